The number of hydrogen-bond acceptors (Lipinski definition) is 4. The van der Waals surface area contributed by atoms with Crippen LogP contribution in [0, 0.1) is 0 Å². The molecule has 1 aromatic heterocycles. The van der Waals surface area contributed by atoms with Crippen LogP contribution in [-0.2, 0) is 0 Å². The molecule has 3 nitrogen and oxygen atoms in total. The summed E-state index contributed by atoms with van der Waals surface area (Å²) in [6.45, 7) is 0. The van der Waals surface area contributed by atoms with E-state index < -0.39 is 0 Å². The summed E-state index contributed by atoms with van der Waals surface area (Å²) < 4.78 is 8.56. The third-order valence-electron chi connectivity index (χ3n) is 1.15. The highest BCUT2D eigenvalue weighted by Crippen LogP contribution is 2.18. The number of nitrogens with zero attached hydrogens (tertiary/aromatic N) is 1. The molecular weight excluding hydrogens is 148 g/mol. The zero-order valence-corrected chi connectivity index (χ0v) is 6.08. The van der Waals surface area contributed by atoms with Crippen molar-refractivity contribution in [3.05, 3.63) is 30.1 Å². The van der Waals surface area contributed by atoms with E-state index in [1.54, 1.807) is 24.5 Å². The zero-order chi connectivity index (χ0) is 7.40. The number of pyridine rings is 1. The Kier molecular flexibility index (Phi) is 2.68. The van der Waals surface area contributed by atoms with Crippen molar-refractivity contribution in [2.75, 3.05) is 0 Å². The van der Waals surface area contributed by atoms with Crippen LogP contribution in [0.15, 0.2) is 24.5 Å². The predicted octanol–water partition coefficient (Wildman–Crippen LogP) is 1.25. The van der Waals surface area contributed by atoms with Crippen molar-refractivity contribution in [2.45, 2.75) is 5.37 Å². The van der Waals surface area contributed by atoms with E-state index in [0.717, 1.165) is 5.56 Å². The van der Waals surface area contributed by atoms with E-state index in [0.29, 0.717) is 12.0 Å². The Morgan fingerprint density at radius 1 is 1.50 bits per heavy atom. The third-order valence-corrected chi connectivity index (χ3v) is 1.65. The van der Waals surface area contributed by atoms with Crippen LogP contribution >= 0.6 is 12.0 Å². The van der Waals surface area contributed by atoms with Crippen molar-refractivity contribution in [2.24, 2.45) is 5.73 Å². The van der Waals surface area contributed by atoms with Crippen molar-refractivity contribution in [3.8, 4) is 0 Å². The molecule has 0 radical (unpaired) electrons. The fourth-order valence-electron chi connectivity index (χ4n) is 0.614. The summed E-state index contributed by atoms with van der Waals surface area (Å²) >= 11 is 0.628. The van der Waals surface area contributed by atoms with Gasteiger partial charge < -0.3 is 10.3 Å². The van der Waals surface area contributed by atoms with E-state index in [1.807, 2.05) is 0 Å². The maximum absolute atomic E-state index is 8.56. The van der Waals surface area contributed by atoms with Gasteiger partial charge in [0.15, 0.2) is 0 Å². The normalized spacial score (nSPS) is 13.0. The van der Waals surface area contributed by atoms with Crippen LogP contribution in [0.3, 0.4) is 0 Å². The quantitative estimate of drug-likeness (QED) is 0.499. The van der Waals surface area contributed by atoms with Gasteiger partial charge in [-0.15, -0.1) is 0 Å². The molecule has 0 aliphatic rings. The summed E-state index contributed by atoms with van der Waals surface area (Å²) in [5.41, 5.74) is 6.36. The van der Waals surface area contributed by atoms with Crippen LogP contribution < -0.4 is 5.73 Å². The van der Waals surface area contributed by atoms with E-state index in [4.69, 9.17) is 10.3 Å². The molecule has 1 rings (SSSR count). The summed E-state index contributed by atoms with van der Waals surface area (Å²) in [5, 5.41) is -0.358. The standard InChI is InChI=1S/C6H8N2OS/c7-6(10-9)5-1-3-8-4-2-5/h1-4,6,9H,7H2. The number of rotatable bonds is 2. The van der Waals surface area contributed by atoms with Crippen molar-refractivity contribution in [1.29, 1.82) is 0 Å². The van der Waals surface area contributed by atoms with Crippen LogP contribution in [0.1, 0.15) is 10.9 Å². The highest BCUT2D eigenvalue weighted by molar-refractivity contribution is 7.93. The Labute approximate surface area is 63.5 Å². The minimum absolute atomic E-state index is 0.358. The van der Waals surface area contributed by atoms with E-state index >= 15 is 0 Å². The van der Waals surface area contributed by atoms with E-state index in [9.17, 15) is 0 Å². The molecule has 4 heteroatoms. The molecule has 54 valence electrons. The molecule has 0 amide bonds. The van der Waals surface area contributed by atoms with Gasteiger partial charge in [-0.05, 0) is 17.7 Å². The summed E-state index contributed by atoms with van der Waals surface area (Å²) in [6, 6.07) is 3.54. The molecule has 0 aliphatic heterocycles. The van der Waals surface area contributed by atoms with Gasteiger partial charge in [-0.1, -0.05) is 0 Å². The fourth-order valence-corrected chi connectivity index (χ4v) is 0.893. The fraction of sp³-hybridized carbons (Fsp3) is 0.167. The van der Waals surface area contributed by atoms with Gasteiger partial charge in [0.25, 0.3) is 0 Å². The minimum atomic E-state index is -0.358. The molecule has 1 unspecified atom stereocenters. The van der Waals surface area contributed by atoms with Gasteiger partial charge >= 0.3 is 0 Å². The number of hydrogen-bond donors (Lipinski definition) is 2. The summed E-state index contributed by atoms with van der Waals surface area (Å²) in [5.74, 6) is 0. The Bertz CT molecular complexity index is 192. The lowest BCUT2D eigenvalue weighted by Gasteiger charge is -2.04. The van der Waals surface area contributed by atoms with Gasteiger partial charge in [0, 0.05) is 24.4 Å². The second-order valence-electron chi connectivity index (χ2n) is 1.81. The maximum atomic E-state index is 8.56. The van der Waals surface area contributed by atoms with Crippen molar-refractivity contribution < 1.29 is 4.55 Å². The first-order valence-electron chi connectivity index (χ1n) is 2.80. The first-order valence-corrected chi connectivity index (χ1v) is 3.64. The summed E-state index contributed by atoms with van der Waals surface area (Å²) in [4.78, 5) is 3.82. The molecule has 0 spiro atoms. The van der Waals surface area contributed by atoms with Gasteiger partial charge in [0.1, 0.15) is 5.37 Å². The lowest BCUT2D eigenvalue weighted by Crippen LogP contribution is -2.04. The summed E-state index contributed by atoms with van der Waals surface area (Å²) in [6.07, 6.45) is 3.29. The SMILES string of the molecule is NC(SO)c1ccncc1. The molecule has 0 aromatic carbocycles. The Hall–Kier alpha value is -0.580. The minimum Gasteiger partial charge on any atom is -0.328 e. The highest BCUT2D eigenvalue weighted by atomic mass is 32.2. The smallest absolute Gasteiger partial charge is 0.103 e. The number of nitrogens with two attached hydrogens (primary N) is 1. The van der Waals surface area contributed by atoms with Crippen LogP contribution in [-0.4, -0.2) is 9.54 Å². The maximum Gasteiger partial charge on any atom is 0.103 e. The highest BCUT2D eigenvalue weighted by Gasteiger charge is 2.02. The molecule has 1 heterocycles. The second kappa shape index (κ2) is 3.55. The van der Waals surface area contributed by atoms with Crippen molar-refractivity contribution >= 4 is 12.0 Å². The van der Waals surface area contributed by atoms with E-state index in [-0.39, 0.29) is 5.37 Å². The average molecular weight is 156 g/mol. The number of aromatic nitrogens is 1. The molecular formula is C6H8N2OS. The molecule has 1 aromatic rings. The van der Waals surface area contributed by atoms with Gasteiger partial charge in [-0.3, -0.25) is 4.98 Å². The second-order valence-corrected chi connectivity index (χ2v) is 2.53. The van der Waals surface area contributed by atoms with E-state index in [2.05, 4.69) is 4.98 Å². The molecule has 1 atom stereocenters. The topological polar surface area (TPSA) is 59.1 Å². The lowest BCUT2D eigenvalue weighted by atomic mass is 10.3. The molecule has 3 N–H and O–H groups in total. The predicted molar refractivity (Wildman–Crippen MR) is 41.4 cm³/mol. The summed E-state index contributed by atoms with van der Waals surface area (Å²) in [7, 11) is 0. The third kappa shape index (κ3) is 1.70. The first kappa shape index (κ1) is 7.53. The largest absolute Gasteiger partial charge is 0.328 e. The van der Waals surface area contributed by atoms with E-state index in [1.165, 1.54) is 0 Å². The lowest BCUT2D eigenvalue weighted by molar-refractivity contribution is 0.651. The van der Waals surface area contributed by atoms with Crippen LogP contribution in [0.5, 0.6) is 0 Å². The average Bonchev–Trinajstić information content (AvgIpc) is 2.05. The van der Waals surface area contributed by atoms with Crippen molar-refractivity contribution in [3.63, 3.8) is 0 Å². The first-order chi connectivity index (χ1) is 4.84. The molecule has 0 aliphatic carbocycles. The van der Waals surface area contributed by atoms with Gasteiger partial charge in [-0.25, -0.2) is 0 Å². The monoisotopic (exact) mass is 156 g/mol. The van der Waals surface area contributed by atoms with Crippen molar-refractivity contribution in [1.82, 2.24) is 4.98 Å². The Balaban J connectivity index is 2.75. The molecule has 10 heavy (non-hydrogen) atoms. The zero-order valence-electron chi connectivity index (χ0n) is 5.27. The van der Waals surface area contributed by atoms with Gasteiger partial charge in [0.05, 0.1) is 0 Å². The molecule has 0 bridgehead atoms. The Morgan fingerprint density at radius 3 is 2.60 bits per heavy atom. The molecule has 0 fully saturated rings. The van der Waals surface area contributed by atoms with Crippen LogP contribution in [0.4, 0.5) is 0 Å². The van der Waals surface area contributed by atoms with Crippen LogP contribution in [0.2, 0.25) is 0 Å². The van der Waals surface area contributed by atoms with Crippen LogP contribution in [0.25, 0.3) is 0 Å². The van der Waals surface area contributed by atoms with Gasteiger partial charge in [0.2, 0.25) is 0 Å². The molecule has 0 saturated heterocycles. The van der Waals surface area contributed by atoms with Gasteiger partial charge in [-0.2, -0.15) is 0 Å². The Morgan fingerprint density at radius 2 is 2.10 bits per heavy atom. The molecule has 0 saturated carbocycles.